The minimum absolute atomic E-state index is 0.105. The third-order valence-corrected chi connectivity index (χ3v) is 7.92. The Labute approximate surface area is 252 Å². The lowest BCUT2D eigenvalue weighted by atomic mass is 9.93. The van der Waals surface area contributed by atoms with Gasteiger partial charge in [-0.15, -0.1) is 0 Å². The highest BCUT2D eigenvalue weighted by Gasteiger charge is 2.37. The van der Waals surface area contributed by atoms with E-state index in [9.17, 15) is 14.4 Å². The highest BCUT2D eigenvalue weighted by atomic mass is 16.6. The third-order valence-electron chi connectivity index (χ3n) is 7.92. The molecular weight excluding hydrogens is 526 g/mol. The van der Waals surface area contributed by atoms with Crippen LogP contribution >= 0.6 is 0 Å². The van der Waals surface area contributed by atoms with E-state index in [1.807, 2.05) is 62.4 Å². The van der Waals surface area contributed by atoms with E-state index < -0.39 is 23.8 Å². The monoisotopic (exact) mass is 577 g/mol. The SMILES string of the molecule is CCCCCN(C(=O)C(Cc1ccccc1)NC(=O)OC(C)(C)C)C(C(=O)NC1CCCCC1)c1ccc(C)c(C)c1. The van der Waals surface area contributed by atoms with Crippen LogP contribution in [0.2, 0.25) is 0 Å². The number of ether oxygens (including phenoxy) is 1. The van der Waals surface area contributed by atoms with Crippen molar-refractivity contribution in [3.8, 4) is 0 Å². The van der Waals surface area contributed by atoms with Gasteiger partial charge in [0.2, 0.25) is 11.8 Å². The molecule has 0 saturated heterocycles. The minimum atomic E-state index is -0.902. The van der Waals surface area contributed by atoms with E-state index >= 15 is 0 Å². The van der Waals surface area contributed by atoms with Crippen molar-refractivity contribution in [1.29, 1.82) is 0 Å². The Kier molecular flexibility index (Phi) is 12.4. The lowest BCUT2D eigenvalue weighted by Crippen LogP contribution is -2.54. The Morgan fingerprint density at radius 1 is 0.952 bits per heavy atom. The van der Waals surface area contributed by atoms with Gasteiger partial charge in [0.15, 0.2) is 0 Å². The molecule has 0 aromatic heterocycles. The van der Waals surface area contributed by atoms with Gasteiger partial charge in [-0.3, -0.25) is 9.59 Å². The number of amides is 3. The first kappa shape index (κ1) is 33.2. The molecule has 230 valence electrons. The predicted octanol–water partition coefficient (Wildman–Crippen LogP) is 6.95. The van der Waals surface area contributed by atoms with Crippen LogP contribution in [0.25, 0.3) is 0 Å². The van der Waals surface area contributed by atoms with E-state index in [0.29, 0.717) is 6.54 Å². The fourth-order valence-electron chi connectivity index (χ4n) is 5.53. The first-order chi connectivity index (χ1) is 20.0. The first-order valence-corrected chi connectivity index (χ1v) is 15.7. The van der Waals surface area contributed by atoms with E-state index in [2.05, 4.69) is 17.6 Å². The Bertz CT molecular complexity index is 1170. The van der Waals surface area contributed by atoms with Crippen LogP contribution in [0.1, 0.15) is 107 Å². The molecule has 2 N–H and O–H groups in total. The number of nitrogens with zero attached hydrogens (tertiary/aromatic N) is 1. The smallest absolute Gasteiger partial charge is 0.408 e. The molecule has 0 heterocycles. The van der Waals surface area contributed by atoms with Crippen LogP contribution in [-0.4, -0.2) is 47.0 Å². The third kappa shape index (κ3) is 10.2. The molecule has 0 spiro atoms. The molecule has 2 aromatic carbocycles. The summed E-state index contributed by atoms with van der Waals surface area (Å²) in [7, 11) is 0. The summed E-state index contributed by atoms with van der Waals surface area (Å²) in [5, 5.41) is 6.15. The number of benzene rings is 2. The summed E-state index contributed by atoms with van der Waals surface area (Å²) in [5.74, 6) is -0.450. The lowest BCUT2D eigenvalue weighted by molar-refractivity contribution is -0.143. The molecule has 7 heteroatoms. The molecule has 2 unspecified atom stereocenters. The summed E-state index contributed by atoms with van der Waals surface area (Å²) < 4.78 is 5.56. The van der Waals surface area contributed by atoms with Crippen molar-refractivity contribution in [2.24, 2.45) is 0 Å². The number of rotatable bonds is 12. The number of hydrogen-bond donors (Lipinski definition) is 2. The zero-order valence-corrected chi connectivity index (χ0v) is 26.5. The van der Waals surface area contributed by atoms with Gasteiger partial charge < -0.3 is 20.3 Å². The Morgan fingerprint density at radius 3 is 2.26 bits per heavy atom. The molecule has 0 bridgehead atoms. The average Bonchev–Trinajstić information content (AvgIpc) is 2.93. The van der Waals surface area contributed by atoms with Crippen LogP contribution in [-0.2, 0) is 20.7 Å². The summed E-state index contributed by atoms with van der Waals surface area (Å²) in [5.41, 5.74) is 3.17. The highest BCUT2D eigenvalue weighted by molar-refractivity contribution is 5.92. The molecule has 3 amide bonds. The van der Waals surface area contributed by atoms with Crippen molar-refractivity contribution >= 4 is 17.9 Å². The van der Waals surface area contributed by atoms with Crippen molar-refractivity contribution in [3.05, 3.63) is 70.8 Å². The maximum absolute atomic E-state index is 14.6. The lowest BCUT2D eigenvalue weighted by Gasteiger charge is -2.36. The van der Waals surface area contributed by atoms with Crippen LogP contribution in [0.3, 0.4) is 0 Å². The van der Waals surface area contributed by atoms with Crippen LogP contribution < -0.4 is 10.6 Å². The Morgan fingerprint density at radius 2 is 1.64 bits per heavy atom. The zero-order valence-electron chi connectivity index (χ0n) is 26.5. The van der Waals surface area contributed by atoms with Gasteiger partial charge >= 0.3 is 6.09 Å². The van der Waals surface area contributed by atoms with Crippen LogP contribution in [0.5, 0.6) is 0 Å². The predicted molar refractivity (Wildman–Crippen MR) is 168 cm³/mol. The molecule has 1 saturated carbocycles. The fraction of sp³-hybridized carbons (Fsp3) is 0.571. The number of carbonyl (C=O) groups excluding carboxylic acids is 3. The second kappa shape index (κ2) is 15.8. The van der Waals surface area contributed by atoms with E-state index in [1.54, 1.807) is 25.7 Å². The molecular formula is C35H51N3O4. The number of aryl methyl sites for hydroxylation is 2. The van der Waals surface area contributed by atoms with Crippen LogP contribution in [0.15, 0.2) is 48.5 Å². The Hall–Kier alpha value is -3.35. The average molecular weight is 578 g/mol. The van der Waals surface area contributed by atoms with Crippen molar-refractivity contribution in [3.63, 3.8) is 0 Å². The summed E-state index contributed by atoms with van der Waals surface area (Å²) in [6.07, 6.45) is 7.57. The van der Waals surface area contributed by atoms with Gasteiger partial charge in [0.05, 0.1) is 0 Å². The van der Waals surface area contributed by atoms with E-state index in [4.69, 9.17) is 4.74 Å². The van der Waals surface area contributed by atoms with Crippen molar-refractivity contribution in [1.82, 2.24) is 15.5 Å². The number of nitrogens with one attached hydrogen (secondary N) is 2. The van der Waals surface area contributed by atoms with Crippen molar-refractivity contribution in [2.75, 3.05) is 6.54 Å². The second-order valence-corrected chi connectivity index (χ2v) is 12.7. The quantitative estimate of drug-likeness (QED) is 0.267. The molecule has 0 aliphatic heterocycles. The fourth-order valence-corrected chi connectivity index (χ4v) is 5.53. The van der Waals surface area contributed by atoms with Gasteiger partial charge in [-0.25, -0.2) is 4.79 Å². The van der Waals surface area contributed by atoms with Crippen molar-refractivity contribution in [2.45, 2.75) is 123 Å². The van der Waals surface area contributed by atoms with Gasteiger partial charge in [0, 0.05) is 19.0 Å². The normalized spacial score (nSPS) is 15.4. The molecule has 1 fully saturated rings. The summed E-state index contributed by atoms with van der Waals surface area (Å²) >= 11 is 0. The maximum Gasteiger partial charge on any atom is 0.408 e. The molecule has 0 radical (unpaired) electrons. The van der Waals surface area contributed by atoms with Crippen LogP contribution in [0.4, 0.5) is 4.79 Å². The highest BCUT2D eigenvalue weighted by Crippen LogP contribution is 2.27. The molecule has 42 heavy (non-hydrogen) atoms. The summed E-state index contributed by atoms with van der Waals surface area (Å²) in [6, 6.07) is 14.0. The molecule has 2 aromatic rings. The summed E-state index contributed by atoms with van der Waals surface area (Å²) in [6.45, 7) is 12.0. The van der Waals surface area contributed by atoms with Gasteiger partial charge in [0.1, 0.15) is 17.7 Å². The van der Waals surface area contributed by atoms with Gasteiger partial charge in [-0.2, -0.15) is 0 Å². The van der Waals surface area contributed by atoms with Gasteiger partial charge in [-0.1, -0.05) is 87.6 Å². The van der Waals surface area contributed by atoms with Gasteiger partial charge in [0.25, 0.3) is 0 Å². The van der Waals surface area contributed by atoms with E-state index in [0.717, 1.165) is 67.2 Å². The standard InChI is InChI=1S/C35H51N3O4/c1-7-8-15-22-38(33(40)30(24-27-16-11-9-12-17-27)37-34(41)42-35(4,5)6)31(28-21-20-25(2)26(3)23-28)32(39)36-29-18-13-10-14-19-29/h9,11-12,16-17,20-21,23,29-31H,7-8,10,13-15,18-19,22,24H2,1-6H3,(H,36,39)(H,37,41). The first-order valence-electron chi connectivity index (χ1n) is 15.7. The number of hydrogen-bond acceptors (Lipinski definition) is 4. The second-order valence-electron chi connectivity index (χ2n) is 12.7. The molecule has 7 nitrogen and oxygen atoms in total. The van der Waals surface area contributed by atoms with E-state index in [1.165, 1.54) is 6.42 Å². The largest absolute Gasteiger partial charge is 0.444 e. The Balaban J connectivity index is 2.03. The number of alkyl carbamates (subject to hydrolysis) is 1. The molecule has 2 atom stereocenters. The van der Waals surface area contributed by atoms with Crippen molar-refractivity contribution < 1.29 is 19.1 Å². The maximum atomic E-state index is 14.6. The number of carbonyl (C=O) groups is 3. The van der Waals surface area contributed by atoms with E-state index in [-0.39, 0.29) is 24.3 Å². The molecule has 1 aliphatic carbocycles. The minimum Gasteiger partial charge on any atom is -0.444 e. The molecule has 3 rings (SSSR count). The zero-order chi connectivity index (χ0) is 30.7. The number of unbranched alkanes of at least 4 members (excludes halogenated alkanes) is 2. The van der Waals surface area contributed by atoms with Gasteiger partial charge in [-0.05, 0) is 76.1 Å². The summed E-state index contributed by atoms with van der Waals surface area (Å²) in [4.78, 5) is 43.4. The molecule has 1 aliphatic rings. The topological polar surface area (TPSA) is 87.7 Å². The van der Waals surface area contributed by atoms with Crippen LogP contribution in [0, 0.1) is 13.8 Å².